The van der Waals surface area contributed by atoms with Crippen LogP contribution in [0.5, 0.6) is 0 Å². The maximum atomic E-state index is 10.7. The fourth-order valence-corrected chi connectivity index (χ4v) is 2.71. The molecule has 1 N–H and O–H groups in total. The average molecular weight is 278 g/mol. The third kappa shape index (κ3) is 5.52. The van der Waals surface area contributed by atoms with Gasteiger partial charge in [0.25, 0.3) is 0 Å². The highest BCUT2D eigenvalue weighted by molar-refractivity contribution is 7.98. The van der Waals surface area contributed by atoms with E-state index in [4.69, 9.17) is 5.11 Å². The third-order valence-electron chi connectivity index (χ3n) is 3.07. The van der Waals surface area contributed by atoms with Crippen LogP contribution in [-0.2, 0) is 11.2 Å². The summed E-state index contributed by atoms with van der Waals surface area (Å²) in [4.78, 5) is 11.8. The molecule has 3 heteroatoms. The third-order valence-corrected chi connectivity index (χ3v) is 3.86. The van der Waals surface area contributed by atoms with Crippen molar-refractivity contribution in [3.8, 4) is 0 Å². The Kier molecular flexibility index (Phi) is 7.34. The minimum absolute atomic E-state index is 0.896. The van der Waals surface area contributed by atoms with Gasteiger partial charge in [-0.1, -0.05) is 38.3 Å². The van der Waals surface area contributed by atoms with Gasteiger partial charge in [-0.3, -0.25) is 0 Å². The second-order valence-corrected chi connectivity index (χ2v) is 5.36. The Morgan fingerprint density at radius 2 is 2.11 bits per heavy atom. The lowest BCUT2D eigenvalue weighted by atomic mass is 10.0. The van der Waals surface area contributed by atoms with Crippen molar-refractivity contribution in [2.75, 3.05) is 6.26 Å². The molecule has 0 saturated carbocycles. The van der Waals surface area contributed by atoms with E-state index in [1.807, 2.05) is 12.3 Å². The molecule has 104 valence electrons. The van der Waals surface area contributed by atoms with Crippen LogP contribution in [0.4, 0.5) is 0 Å². The van der Waals surface area contributed by atoms with E-state index < -0.39 is 5.97 Å². The van der Waals surface area contributed by atoms with E-state index in [1.54, 1.807) is 17.8 Å². The fraction of sp³-hybridized carbons (Fsp3) is 0.438. The largest absolute Gasteiger partial charge is 0.478 e. The lowest BCUT2D eigenvalue weighted by Crippen LogP contribution is -1.94. The van der Waals surface area contributed by atoms with Crippen LogP contribution in [0.1, 0.15) is 43.7 Å². The first-order valence-corrected chi connectivity index (χ1v) is 7.98. The maximum Gasteiger partial charge on any atom is 0.328 e. The predicted octanol–water partition coefficient (Wildman–Crippen LogP) is 4.63. The summed E-state index contributed by atoms with van der Waals surface area (Å²) in [5, 5.41) is 8.78. The molecule has 19 heavy (non-hydrogen) atoms. The molecule has 0 heterocycles. The Bertz CT molecular complexity index is 438. The molecular formula is C16H22O2S. The van der Waals surface area contributed by atoms with Crippen molar-refractivity contribution in [2.24, 2.45) is 0 Å². The molecule has 0 aromatic heterocycles. The summed E-state index contributed by atoms with van der Waals surface area (Å²) in [5.41, 5.74) is 2.31. The molecule has 0 aliphatic heterocycles. The normalized spacial score (nSPS) is 11.1. The zero-order valence-corrected chi connectivity index (χ0v) is 12.5. The van der Waals surface area contributed by atoms with Gasteiger partial charge in [0.1, 0.15) is 0 Å². The van der Waals surface area contributed by atoms with Crippen LogP contribution in [-0.4, -0.2) is 17.3 Å². The molecule has 0 amide bonds. The second-order valence-electron chi connectivity index (χ2n) is 4.52. The van der Waals surface area contributed by atoms with Gasteiger partial charge in [0, 0.05) is 11.0 Å². The molecule has 0 atom stereocenters. The lowest BCUT2D eigenvalue weighted by Gasteiger charge is -2.10. The highest BCUT2D eigenvalue weighted by atomic mass is 32.2. The van der Waals surface area contributed by atoms with Crippen LogP contribution in [0.3, 0.4) is 0 Å². The summed E-state index contributed by atoms with van der Waals surface area (Å²) in [6.07, 6.45) is 10.9. The van der Waals surface area contributed by atoms with Crippen LogP contribution in [0.25, 0.3) is 6.08 Å². The Morgan fingerprint density at radius 3 is 2.74 bits per heavy atom. The quantitative estimate of drug-likeness (QED) is 0.428. The van der Waals surface area contributed by atoms with Crippen molar-refractivity contribution in [2.45, 2.75) is 43.9 Å². The number of thioether (sulfide) groups is 1. The second kappa shape index (κ2) is 8.81. The van der Waals surface area contributed by atoms with E-state index in [2.05, 4.69) is 19.1 Å². The van der Waals surface area contributed by atoms with Crippen molar-refractivity contribution in [1.82, 2.24) is 0 Å². The number of hydrogen-bond donors (Lipinski definition) is 1. The first-order chi connectivity index (χ1) is 9.19. The summed E-state index contributed by atoms with van der Waals surface area (Å²) < 4.78 is 0. The number of aliphatic carboxylic acids is 1. The molecule has 0 spiro atoms. The van der Waals surface area contributed by atoms with Gasteiger partial charge >= 0.3 is 5.97 Å². The Labute approximate surface area is 119 Å². The van der Waals surface area contributed by atoms with Gasteiger partial charge in [0.15, 0.2) is 0 Å². The first kappa shape index (κ1) is 15.8. The summed E-state index contributed by atoms with van der Waals surface area (Å²) in [6.45, 7) is 2.20. The van der Waals surface area contributed by atoms with Gasteiger partial charge in [-0.05, 0) is 42.4 Å². The summed E-state index contributed by atoms with van der Waals surface area (Å²) >= 11 is 1.66. The number of aryl methyl sites for hydroxylation is 1. The van der Waals surface area contributed by atoms with Gasteiger partial charge in [-0.25, -0.2) is 4.79 Å². The molecule has 0 bridgehead atoms. The van der Waals surface area contributed by atoms with Crippen molar-refractivity contribution in [3.05, 3.63) is 35.4 Å². The van der Waals surface area contributed by atoms with Crippen molar-refractivity contribution in [1.29, 1.82) is 0 Å². The number of carboxylic acid groups (broad SMARTS) is 1. The van der Waals surface area contributed by atoms with Crippen LogP contribution in [0, 0.1) is 0 Å². The molecule has 1 aromatic carbocycles. The molecule has 0 aliphatic carbocycles. The van der Waals surface area contributed by atoms with Crippen molar-refractivity contribution < 1.29 is 9.90 Å². The average Bonchev–Trinajstić information content (AvgIpc) is 2.41. The zero-order valence-electron chi connectivity index (χ0n) is 11.7. The molecule has 0 unspecified atom stereocenters. The lowest BCUT2D eigenvalue weighted by molar-refractivity contribution is -0.131. The van der Waals surface area contributed by atoms with Gasteiger partial charge in [0.05, 0.1) is 0 Å². The number of rotatable bonds is 8. The molecule has 0 aliphatic rings. The topological polar surface area (TPSA) is 37.3 Å². The minimum atomic E-state index is -0.896. The summed E-state index contributed by atoms with van der Waals surface area (Å²) in [5.74, 6) is -0.896. The number of benzene rings is 1. The van der Waals surface area contributed by atoms with E-state index in [0.717, 1.165) is 16.9 Å². The van der Waals surface area contributed by atoms with Crippen LogP contribution in [0.2, 0.25) is 0 Å². The fourth-order valence-electron chi connectivity index (χ4n) is 2.07. The SMILES string of the molecule is CCCCCCc1cccc(SC)c1C=CC(=O)O. The Morgan fingerprint density at radius 1 is 1.32 bits per heavy atom. The molecule has 1 aromatic rings. The zero-order chi connectivity index (χ0) is 14.1. The molecule has 0 radical (unpaired) electrons. The van der Waals surface area contributed by atoms with Crippen molar-refractivity contribution in [3.63, 3.8) is 0 Å². The molecular weight excluding hydrogens is 256 g/mol. The molecule has 2 nitrogen and oxygen atoms in total. The number of carboxylic acids is 1. The Balaban J connectivity index is 2.86. The van der Waals surface area contributed by atoms with Gasteiger partial charge < -0.3 is 5.11 Å². The smallest absolute Gasteiger partial charge is 0.328 e. The standard InChI is InChI=1S/C16H22O2S/c1-3-4-5-6-8-13-9-7-10-15(19-2)14(13)11-12-16(17)18/h7,9-12H,3-6,8H2,1-2H3,(H,17,18). The van der Waals surface area contributed by atoms with E-state index in [1.165, 1.54) is 37.3 Å². The van der Waals surface area contributed by atoms with Gasteiger partial charge in [-0.2, -0.15) is 0 Å². The number of carbonyl (C=O) groups is 1. The molecule has 0 fully saturated rings. The predicted molar refractivity (Wildman–Crippen MR) is 82.7 cm³/mol. The maximum absolute atomic E-state index is 10.7. The molecule has 1 rings (SSSR count). The van der Waals surface area contributed by atoms with Gasteiger partial charge in [-0.15, -0.1) is 11.8 Å². The van der Waals surface area contributed by atoms with E-state index in [0.29, 0.717) is 0 Å². The first-order valence-electron chi connectivity index (χ1n) is 6.76. The van der Waals surface area contributed by atoms with Crippen LogP contribution >= 0.6 is 11.8 Å². The van der Waals surface area contributed by atoms with Crippen LogP contribution < -0.4 is 0 Å². The van der Waals surface area contributed by atoms with Gasteiger partial charge in [0.2, 0.25) is 0 Å². The summed E-state index contributed by atoms with van der Waals surface area (Å²) in [6, 6.07) is 6.20. The highest BCUT2D eigenvalue weighted by Crippen LogP contribution is 2.26. The summed E-state index contributed by atoms with van der Waals surface area (Å²) in [7, 11) is 0. The Hall–Kier alpha value is -1.22. The monoisotopic (exact) mass is 278 g/mol. The van der Waals surface area contributed by atoms with Crippen LogP contribution in [0.15, 0.2) is 29.2 Å². The highest BCUT2D eigenvalue weighted by Gasteiger charge is 2.05. The van der Waals surface area contributed by atoms with E-state index in [-0.39, 0.29) is 0 Å². The van der Waals surface area contributed by atoms with E-state index in [9.17, 15) is 4.79 Å². The minimum Gasteiger partial charge on any atom is -0.478 e. The van der Waals surface area contributed by atoms with Crippen molar-refractivity contribution >= 4 is 23.8 Å². The number of hydrogen-bond acceptors (Lipinski definition) is 2. The number of unbranched alkanes of at least 4 members (excludes halogenated alkanes) is 3. The van der Waals surface area contributed by atoms with E-state index >= 15 is 0 Å². The molecule has 0 saturated heterocycles.